The number of fused-ring (bicyclic) bond motifs is 1. The van der Waals surface area contributed by atoms with Crippen molar-refractivity contribution >= 4 is 40.2 Å². The van der Waals surface area contributed by atoms with E-state index in [9.17, 15) is 14.0 Å². The number of benzene rings is 2. The van der Waals surface area contributed by atoms with Crippen LogP contribution in [0, 0.1) is 5.82 Å². The quantitative estimate of drug-likeness (QED) is 0.564. The van der Waals surface area contributed by atoms with Crippen molar-refractivity contribution in [2.75, 3.05) is 36.8 Å². The molecular formula is C25H25FN4O2S. The molecule has 0 unspecified atom stereocenters. The summed E-state index contributed by atoms with van der Waals surface area (Å²) in [6, 6.07) is 16.4. The Morgan fingerprint density at radius 2 is 1.76 bits per heavy atom. The van der Waals surface area contributed by atoms with E-state index >= 15 is 0 Å². The van der Waals surface area contributed by atoms with Crippen LogP contribution in [0.25, 0.3) is 10.9 Å². The number of rotatable bonds is 6. The predicted molar refractivity (Wildman–Crippen MR) is 128 cm³/mol. The van der Waals surface area contributed by atoms with Gasteiger partial charge in [0.05, 0.1) is 27.5 Å². The summed E-state index contributed by atoms with van der Waals surface area (Å²) in [5, 5.41) is 4.52. The van der Waals surface area contributed by atoms with Gasteiger partial charge in [-0.15, -0.1) is 0 Å². The van der Waals surface area contributed by atoms with Crippen molar-refractivity contribution in [2.24, 2.45) is 0 Å². The first-order chi connectivity index (χ1) is 16.1. The largest absolute Gasteiger partial charge is 0.366 e. The van der Waals surface area contributed by atoms with Crippen molar-refractivity contribution in [1.82, 2.24) is 15.2 Å². The van der Waals surface area contributed by atoms with Crippen LogP contribution in [-0.4, -0.2) is 59.7 Å². The molecule has 0 atom stereocenters. The van der Waals surface area contributed by atoms with Crippen LogP contribution in [0.3, 0.4) is 0 Å². The highest BCUT2D eigenvalue weighted by molar-refractivity contribution is 7.99. The summed E-state index contributed by atoms with van der Waals surface area (Å²) in [5.74, 6) is -0.0632. The summed E-state index contributed by atoms with van der Waals surface area (Å²) in [4.78, 5) is 34.0. The highest BCUT2D eigenvalue weighted by Gasteiger charge is 2.26. The molecule has 1 aliphatic heterocycles. The average molecular weight is 465 g/mol. The third-order valence-electron chi connectivity index (χ3n) is 6.02. The van der Waals surface area contributed by atoms with E-state index in [1.54, 1.807) is 18.2 Å². The van der Waals surface area contributed by atoms with Crippen LogP contribution in [0.1, 0.15) is 23.2 Å². The second-order valence-corrected chi connectivity index (χ2v) is 9.38. The number of hydrogen-bond acceptors (Lipinski definition) is 5. The van der Waals surface area contributed by atoms with Crippen LogP contribution in [0.5, 0.6) is 0 Å². The van der Waals surface area contributed by atoms with Gasteiger partial charge in [-0.3, -0.25) is 9.59 Å². The molecule has 6 nitrogen and oxygen atoms in total. The molecule has 0 bridgehead atoms. The smallest absolute Gasteiger partial charge is 0.252 e. The van der Waals surface area contributed by atoms with E-state index in [-0.39, 0.29) is 29.4 Å². The Morgan fingerprint density at radius 1 is 1.03 bits per heavy atom. The van der Waals surface area contributed by atoms with Crippen LogP contribution >= 0.6 is 11.8 Å². The zero-order valence-corrected chi connectivity index (χ0v) is 19.0. The molecule has 2 heterocycles. The molecule has 3 aromatic rings. The average Bonchev–Trinajstić information content (AvgIpc) is 3.66. The van der Waals surface area contributed by atoms with Crippen LogP contribution in [-0.2, 0) is 4.79 Å². The lowest BCUT2D eigenvalue weighted by Gasteiger charge is -2.36. The number of carbonyl (C=O) groups excluding carboxylic acids is 2. The van der Waals surface area contributed by atoms with Crippen LogP contribution in [0.4, 0.5) is 10.1 Å². The molecule has 0 spiro atoms. The van der Waals surface area contributed by atoms with Gasteiger partial charge in [0.25, 0.3) is 5.91 Å². The number of para-hydroxylation sites is 2. The number of nitrogens with one attached hydrogen (secondary N) is 1. The van der Waals surface area contributed by atoms with Crippen LogP contribution in [0.15, 0.2) is 59.6 Å². The standard InChI is InChI=1S/C25H25FN4O2S/c26-20-6-2-4-8-22(20)29-11-13-30(14-12-29)24(31)16-33-23-15-19(25(32)27-17-9-10-17)18-5-1-3-7-21(18)28-23/h1-8,15,17H,9-14,16H2,(H,27,32). The van der Waals surface area contributed by atoms with Gasteiger partial charge in [-0.25, -0.2) is 9.37 Å². The lowest BCUT2D eigenvalue weighted by Crippen LogP contribution is -2.49. The van der Waals surface area contributed by atoms with Crippen LogP contribution < -0.4 is 10.2 Å². The van der Waals surface area contributed by atoms with Gasteiger partial charge in [0.1, 0.15) is 5.82 Å². The van der Waals surface area contributed by atoms with Crippen molar-refractivity contribution in [2.45, 2.75) is 23.9 Å². The fraction of sp³-hybridized carbons (Fsp3) is 0.320. The van der Waals surface area contributed by atoms with Crippen molar-refractivity contribution in [3.8, 4) is 0 Å². The maximum atomic E-state index is 14.1. The Kier molecular flexibility index (Phi) is 6.17. The van der Waals surface area contributed by atoms with Gasteiger partial charge in [0.15, 0.2) is 0 Å². The van der Waals surface area contributed by atoms with E-state index in [0.29, 0.717) is 42.5 Å². The highest BCUT2D eigenvalue weighted by atomic mass is 32.2. The molecule has 33 heavy (non-hydrogen) atoms. The first-order valence-electron chi connectivity index (χ1n) is 11.2. The number of hydrogen-bond donors (Lipinski definition) is 1. The van der Waals surface area contributed by atoms with E-state index in [4.69, 9.17) is 0 Å². The van der Waals surface area contributed by atoms with Gasteiger partial charge >= 0.3 is 0 Å². The van der Waals surface area contributed by atoms with Crippen LogP contribution in [0.2, 0.25) is 0 Å². The molecule has 2 aliphatic rings. The Morgan fingerprint density at radius 3 is 2.52 bits per heavy atom. The predicted octanol–water partition coefficient (Wildman–Crippen LogP) is 3.71. The molecule has 5 rings (SSSR count). The van der Waals surface area contributed by atoms with Gasteiger partial charge in [-0.05, 0) is 37.1 Å². The van der Waals surface area contributed by atoms with Crippen molar-refractivity contribution in [3.05, 3.63) is 66.0 Å². The molecule has 1 N–H and O–H groups in total. The third-order valence-corrected chi connectivity index (χ3v) is 6.92. The number of thioether (sulfide) groups is 1. The number of piperazine rings is 1. The van der Waals surface area contributed by atoms with Gasteiger partial charge in [0, 0.05) is 37.6 Å². The minimum absolute atomic E-state index is 0.0205. The fourth-order valence-corrected chi connectivity index (χ4v) is 4.85. The zero-order chi connectivity index (χ0) is 22.8. The topological polar surface area (TPSA) is 65.5 Å². The highest BCUT2D eigenvalue weighted by Crippen LogP contribution is 2.27. The molecule has 170 valence electrons. The van der Waals surface area contributed by atoms with Gasteiger partial charge in [-0.2, -0.15) is 0 Å². The Bertz CT molecular complexity index is 1190. The molecule has 2 aromatic carbocycles. The lowest BCUT2D eigenvalue weighted by atomic mass is 10.1. The monoisotopic (exact) mass is 464 g/mol. The maximum Gasteiger partial charge on any atom is 0.252 e. The zero-order valence-electron chi connectivity index (χ0n) is 18.2. The number of nitrogens with zero attached hydrogens (tertiary/aromatic N) is 3. The van der Waals surface area contributed by atoms with Crippen molar-refractivity contribution < 1.29 is 14.0 Å². The van der Waals surface area contributed by atoms with Crippen molar-refractivity contribution in [3.63, 3.8) is 0 Å². The molecule has 2 amide bonds. The van der Waals surface area contributed by atoms with E-state index in [1.165, 1.54) is 17.8 Å². The first-order valence-corrected chi connectivity index (χ1v) is 12.2. The minimum atomic E-state index is -0.239. The number of anilines is 1. The van der Waals surface area contributed by atoms with E-state index in [1.807, 2.05) is 40.1 Å². The number of amides is 2. The summed E-state index contributed by atoms with van der Waals surface area (Å²) in [6.07, 6.45) is 2.05. The maximum absolute atomic E-state index is 14.1. The Balaban J connectivity index is 1.23. The summed E-state index contributed by atoms with van der Waals surface area (Å²) >= 11 is 1.35. The molecule has 1 saturated carbocycles. The molecule has 1 aliphatic carbocycles. The Labute approximate surface area is 196 Å². The molecule has 2 fully saturated rings. The number of aromatic nitrogens is 1. The van der Waals surface area contributed by atoms with E-state index in [2.05, 4.69) is 10.3 Å². The summed E-state index contributed by atoms with van der Waals surface area (Å²) in [6.45, 7) is 2.29. The van der Waals surface area contributed by atoms with E-state index in [0.717, 1.165) is 23.7 Å². The molecule has 1 saturated heterocycles. The third kappa shape index (κ3) is 4.95. The minimum Gasteiger partial charge on any atom is -0.366 e. The number of carbonyl (C=O) groups is 2. The molecule has 1 aromatic heterocycles. The normalized spacial score (nSPS) is 16.2. The van der Waals surface area contributed by atoms with Gasteiger partial charge in [0.2, 0.25) is 5.91 Å². The first kappa shape index (κ1) is 21.7. The lowest BCUT2D eigenvalue weighted by molar-refractivity contribution is -0.128. The van der Waals surface area contributed by atoms with Crippen molar-refractivity contribution in [1.29, 1.82) is 0 Å². The number of pyridine rings is 1. The molecular weight excluding hydrogens is 439 g/mol. The second-order valence-electron chi connectivity index (χ2n) is 8.38. The van der Waals surface area contributed by atoms with Gasteiger partial charge in [-0.1, -0.05) is 42.1 Å². The summed E-state index contributed by atoms with van der Waals surface area (Å²) in [5.41, 5.74) is 1.92. The summed E-state index contributed by atoms with van der Waals surface area (Å²) in [7, 11) is 0. The second kappa shape index (κ2) is 9.39. The Hall–Kier alpha value is -3.13. The van der Waals surface area contributed by atoms with E-state index < -0.39 is 0 Å². The SMILES string of the molecule is O=C(NC1CC1)c1cc(SCC(=O)N2CCN(c3ccccc3F)CC2)nc2ccccc12. The summed E-state index contributed by atoms with van der Waals surface area (Å²) < 4.78 is 14.1. The molecule has 0 radical (unpaired) electrons. The fourth-order valence-electron chi connectivity index (χ4n) is 4.04. The molecule has 8 heteroatoms. The number of halogens is 1. The van der Waals surface area contributed by atoms with Gasteiger partial charge < -0.3 is 15.1 Å².